The van der Waals surface area contributed by atoms with Crippen LogP contribution in [0.25, 0.3) is 11.1 Å². The second kappa shape index (κ2) is 5.16. The summed E-state index contributed by atoms with van der Waals surface area (Å²) in [6.07, 6.45) is 0.526. The molecule has 0 atom stereocenters. The van der Waals surface area contributed by atoms with Crippen LogP contribution in [0.4, 0.5) is 8.78 Å². The van der Waals surface area contributed by atoms with E-state index < -0.39 is 11.6 Å². The molecule has 0 radical (unpaired) electrons. The molecule has 2 rings (SSSR count). The number of hydrogen-bond acceptors (Lipinski definition) is 1. The molecule has 0 aliphatic rings. The van der Waals surface area contributed by atoms with E-state index in [2.05, 4.69) is 15.9 Å². The Kier molecular flexibility index (Phi) is 3.78. The highest BCUT2D eigenvalue weighted by molar-refractivity contribution is 9.10. The normalized spacial score (nSPS) is 10.4. The van der Waals surface area contributed by atoms with Crippen molar-refractivity contribution in [3.05, 3.63) is 57.0 Å². The lowest BCUT2D eigenvalue weighted by molar-refractivity contribution is 0.112. The third-order valence-corrected chi connectivity index (χ3v) is 3.71. The fourth-order valence-electron chi connectivity index (χ4n) is 1.56. The fraction of sp³-hybridized carbons (Fsp3) is 0. The number of benzene rings is 2. The van der Waals surface area contributed by atoms with Gasteiger partial charge in [0.05, 0.1) is 5.02 Å². The topological polar surface area (TPSA) is 17.1 Å². The summed E-state index contributed by atoms with van der Waals surface area (Å²) in [4.78, 5) is 10.5. The third kappa shape index (κ3) is 2.31. The van der Waals surface area contributed by atoms with Crippen LogP contribution >= 0.6 is 27.5 Å². The molecule has 0 fully saturated rings. The molecule has 2 aromatic rings. The summed E-state index contributed by atoms with van der Waals surface area (Å²) in [6.45, 7) is 0. The van der Waals surface area contributed by atoms with Crippen LogP contribution in [-0.4, -0.2) is 6.29 Å². The molecular formula is C13H6BrClF2O. The lowest BCUT2D eigenvalue weighted by Crippen LogP contribution is -1.92. The largest absolute Gasteiger partial charge is 0.298 e. The molecule has 0 spiro atoms. The predicted molar refractivity (Wildman–Crippen MR) is 69.9 cm³/mol. The Bertz CT molecular complexity index is 629. The lowest BCUT2D eigenvalue weighted by Gasteiger charge is -2.08. The zero-order chi connectivity index (χ0) is 13.3. The minimum absolute atomic E-state index is 0.0538. The van der Waals surface area contributed by atoms with E-state index in [4.69, 9.17) is 11.6 Å². The van der Waals surface area contributed by atoms with E-state index in [1.807, 2.05) is 0 Å². The van der Waals surface area contributed by atoms with Gasteiger partial charge in [-0.15, -0.1) is 0 Å². The van der Waals surface area contributed by atoms with Gasteiger partial charge in [0.15, 0.2) is 5.82 Å². The molecule has 1 nitrogen and oxygen atoms in total. The maximum absolute atomic E-state index is 13.9. The van der Waals surface area contributed by atoms with Gasteiger partial charge in [0, 0.05) is 21.2 Å². The molecule has 18 heavy (non-hydrogen) atoms. The van der Waals surface area contributed by atoms with E-state index >= 15 is 0 Å². The van der Waals surface area contributed by atoms with Crippen LogP contribution in [0.2, 0.25) is 5.02 Å². The fourth-order valence-corrected chi connectivity index (χ4v) is 2.03. The summed E-state index contributed by atoms with van der Waals surface area (Å²) < 4.78 is 28.1. The van der Waals surface area contributed by atoms with Crippen LogP contribution in [0.15, 0.2) is 34.8 Å². The van der Waals surface area contributed by atoms with Gasteiger partial charge in [-0.3, -0.25) is 4.79 Å². The first-order chi connectivity index (χ1) is 8.54. The molecule has 0 aromatic heterocycles. The Hall–Kier alpha value is -1.26. The van der Waals surface area contributed by atoms with E-state index in [-0.39, 0.29) is 21.7 Å². The summed E-state index contributed by atoms with van der Waals surface area (Å²) >= 11 is 8.83. The molecule has 0 amide bonds. The van der Waals surface area contributed by atoms with E-state index in [0.29, 0.717) is 10.8 Å². The molecule has 0 bridgehead atoms. The third-order valence-electron chi connectivity index (χ3n) is 2.45. The van der Waals surface area contributed by atoms with Crippen LogP contribution < -0.4 is 0 Å². The van der Waals surface area contributed by atoms with Crippen molar-refractivity contribution in [1.29, 1.82) is 0 Å². The Labute approximate surface area is 116 Å². The van der Waals surface area contributed by atoms with Crippen molar-refractivity contribution in [1.82, 2.24) is 0 Å². The highest BCUT2D eigenvalue weighted by Crippen LogP contribution is 2.34. The summed E-state index contributed by atoms with van der Waals surface area (Å²) in [5.74, 6) is -1.37. The highest BCUT2D eigenvalue weighted by atomic mass is 79.9. The van der Waals surface area contributed by atoms with E-state index in [0.717, 1.165) is 6.07 Å². The first kappa shape index (κ1) is 13.2. The molecule has 5 heteroatoms. The average Bonchev–Trinajstić information content (AvgIpc) is 2.37. The first-order valence-electron chi connectivity index (χ1n) is 4.93. The van der Waals surface area contributed by atoms with Gasteiger partial charge in [0.1, 0.15) is 12.1 Å². The molecule has 0 heterocycles. The van der Waals surface area contributed by atoms with Crippen molar-refractivity contribution in [2.45, 2.75) is 0 Å². The van der Waals surface area contributed by atoms with Gasteiger partial charge in [-0.05, 0) is 28.1 Å². The van der Waals surface area contributed by atoms with Gasteiger partial charge < -0.3 is 0 Å². The summed E-state index contributed by atoms with van der Waals surface area (Å²) in [5.41, 5.74) is 0.311. The zero-order valence-electron chi connectivity index (χ0n) is 8.88. The van der Waals surface area contributed by atoms with Crippen LogP contribution in [0.1, 0.15) is 10.4 Å². The summed E-state index contributed by atoms with van der Waals surface area (Å²) in [7, 11) is 0. The first-order valence-corrected chi connectivity index (χ1v) is 6.10. The molecular weight excluding hydrogens is 325 g/mol. The minimum Gasteiger partial charge on any atom is -0.298 e. The number of rotatable bonds is 2. The minimum atomic E-state index is -0.705. The Morgan fingerprint density at radius 1 is 1.11 bits per heavy atom. The second-order valence-corrected chi connectivity index (χ2v) is 4.81. The molecule has 0 saturated carbocycles. The number of aldehydes is 1. The number of hydrogen-bond donors (Lipinski definition) is 0. The molecule has 0 saturated heterocycles. The molecule has 92 valence electrons. The molecule has 2 aromatic carbocycles. The average molecular weight is 332 g/mol. The van der Waals surface area contributed by atoms with Gasteiger partial charge >= 0.3 is 0 Å². The van der Waals surface area contributed by atoms with Crippen LogP contribution in [0.3, 0.4) is 0 Å². The summed E-state index contributed by atoms with van der Waals surface area (Å²) in [6, 6.07) is 6.78. The van der Waals surface area contributed by atoms with E-state index in [1.165, 1.54) is 24.3 Å². The van der Waals surface area contributed by atoms with Crippen molar-refractivity contribution in [3.8, 4) is 11.1 Å². The number of carbonyl (C=O) groups excluding carboxylic acids is 1. The Morgan fingerprint density at radius 3 is 2.39 bits per heavy atom. The Morgan fingerprint density at radius 2 is 1.78 bits per heavy atom. The van der Waals surface area contributed by atoms with Crippen molar-refractivity contribution in [3.63, 3.8) is 0 Å². The van der Waals surface area contributed by atoms with E-state index in [9.17, 15) is 13.6 Å². The quantitative estimate of drug-likeness (QED) is 0.567. The molecule has 0 aliphatic heterocycles. The van der Waals surface area contributed by atoms with Gasteiger partial charge in [-0.2, -0.15) is 0 Å². The maximum atomic E-state index is 13.9. The maximum Gasteiger partial charge on any atom is 0.150 e. The van der Waals surface area contributed by atoms with Crippen molar-refractivity contribution in [2.24, 2.45) is 0 Å². The SMILES string of the molecule is O=Cc1ccc(-c2ccc(Br)c(Cl)c2F)c(F)c1. The van der Waals surface area contributed by atoms with E-state index in [1.54, 1.807) is 0 Å². The van der Waals surface area contributed by atoms with Crippen LogP contribution in [-0.2, 0) is 0 Å². The summed E-state index contributed by atoms with van der Waals surface area (Å²) in [5, 5.41) is -0.105. The van der Waals surface area contributed by atoms with Gasteiger partial charge in [0.2, 0.25) is 0 Å². The Balaban J connectivity index is 2.62. The van der Waals surface area contributed by atoms with Gasteiger partial charge in [-0.1, -0.05) is 29.8 Å². The molecule has 0 N–H and O–H groups in total. The van der Waals surface area contributed by atoms with Crippen molar-refractivity contribution < 1.29 is 13.6 Å². The van der Waals surface area contributed by atoms with Gasteiger partial charge in [-0.25, -0.2) is 8.78 Å². The highest BCUT2D eigenvalue weighted by Gasteiger charge is 2.15. The van der Waals surface area contributed by atoms with Crippen molar-refractivity contribution >= 4 is 33.8 Å². The smallest absolute Gasteiger partial charge is 0.150 e. The molecule has 0 unspecified atom stereocenters. The molecule has 0 aliphatic carbocycles. The number of halogens is 4. The van der Waals surface area contributed by atoms with Crippen molar-refractivity contribution in [2.75, 3.05) is 0 Å². The predicted octanol–water partition coefficient (Wildman–Crippen LogP) is 4.86. The van der Waals surface area contributed by atoms with Crippen LogP contribution in [0, 0.1) is 11.6 Å². The zero-order valence-corrected chi connectivity index (χ0v) is 11.2. The second-order valence-electron chi connectivity index (χ2n) is 3.58. The lowest BCUT2D eigenvalue weighted by atomic mass is 10.0. The van der Waals surface area contributed by atoms with Crippen LogP contribution in [0.5, 0.6) is 0 Å². The number of carbonyl (C=O) groups is 1. The van der Waals surface area contributed by atoms with Gasteiger partial charge in [0.25, 0.3) is 0 Å². The standard InChI is InChI=1S/C13H6BrClF2O/c14-10-4-3-9(13(17)12(10)15)8-2-1-7(6-18)5-11(8)16/h1-6H. The monoisotopic (exact) mass is 330 g/mol.